The van der Waals surface area contributed by atoms with Crippen LogP contribution >= 0.6 is 35.7 Å². The summed E-state index contributed by atoms with van der Waals surface area (Å²) in [6.45, 7) is 7.38. The Labute approximate surface area is 185 Å². The maximum atomic E-state index is 11.8. The molecule has 27 heavy (non-hydrogen) atoms. The van der Waals surface area contributed by atoms with Crippen molar-refractivity contribution in [1.82, 2.24) is 16.0 Å². The third kappa shape index (κ3) is 9.69. The van der Waals surface area contributed by atoms with Gasteiger partial charge in [0.15, 0.2) is 5.96 Å². The van der Waals surface area contributed by atoms with Crippen LogP contribution in [0.15, 0.2) is 40.2 Å². The SMILES string of the molecule is CCNC(=NCC(C)Sc1ccccc1)NCCCNC(=O)C1CCC1.I. The Balaban J connectivity index is 0.00000364. The van der Waals surface area contributed by atoms with Crippen LogP contribution in [0.25, 0.3) is 0 Å². The number of guanidine groups is 1. The lowest BCUT2D eigenvalue weighted by atomic mass is 9.85. The number of amides is 1. The second kappa shape index (κ2) is 14.1. The predicted molar refractivity (Wildman–Crippen MR) is 126 cm³/mol. The molecule has 0 saturated heterocycles. The van der Waals surface area contributed by atoms with Crippen molar-refractivity contribution in [3.8, 4) is 0 Å². The molecule has 0 heterocycles. The van der Waals surface area contributed by atoms with Crippen molar-refractivity contribution < 1.29 is 4.79 Å². The highest BCUT2D eigenvalue weighted by molar-refractivity contribution is 14.0. The van der Waals surface area contributed by atoms with E-state index in [2.05, 4.69) is 59.1 Å². The minimum absolute atomic E-state index is 0. The third-order valence-electron chi connectivity index (χ3n) is 4.35. The van der Waals surface area contributed by atoms with Gasteiger partial charge in [-0.25, -0.2) is 0 Å². The largest absolute Gasteiger partial charge is 0.357 e. The molecule has 3 N–H and O–H groups in total. The van der Waals surface area contributed by atoms with E-state index in [0.29, 0.717) is 5.25 Å². The quantitative estimate of drug-likeness (QED) is 0.150. The maximum absolute atomic E-state index is 11.8. The summed E-state index contributed by atoms with van der Waals surface area (Å²) in [6, 6.07) is 10.4. The number of carbonyl (C=O) groups excluding carboxylic acids is 1. The summed E-state index contributed by atoms with van der Waals surface area (Å²) in [7, 11) is 0. The highest BCUT2D eigenvalue weighted by Gasteiger charge is 2.24. The normalized spacial score (nSPS) is 15.3. The summed E-state index contributed by atoms with van der Waals surface area (Å²) in [4.78, 5) is 17.7. The molecule has 5 nitrogen and oxygen atoms in total. The van der Waals surface area contributed by atoms with Gasteiger partial charge in [-0.1, -0.05) is 31.5 Å². The Bertz CT molecular complexity index is 566. The van der Waals surface area contributed by atoms with Crippen molar-refractivity contribution in [2.75, 3.05) is 26.2 Å². The number of aliphatic imine (C=N–C) groups is 1. The van der Waals surface area contributed by atoms with Crippen molar-refractivity contribution >= 4 is 47.6 Å². The summed E-state index contributed by atoms with van der Waals surface area (Å²) in [6.07, 6.45) is 4.21. The number of benzene rings is 1. The summed E-state index contributed by atoms with van der Waals surface area (Å²) in [5, 5.41) is 10.1. The van der Waals surface area contributed by atoms with Crippen molar-refractivity contribution in [1.29, 1.82) is 0 Å². The molecule has 1 fully saturated rings. The number of carbonyl (C=O) groups is 1. The molecular weight excluding hydrogens is 471 g/mol. The van der Waals surface area contributed by atoms with Gasteiger partial charge in [0.25, 0.3) is 0 Å². The van der Waals surface area contributed by atoms with Gasteiger partial charge in [0.1, 0.15) is 0 Å². The van der Waals surface area contributed by atoms with E-state index in [0.717, 1.165) is 51.4 Å². The highest BCUT2D eigenvalue weighted by Crippen LogP contribution is 2.26. The average Bonchev–Trinajstić information content (AvgIpc) is 2.58. The van der Waals surface area contributed by atoms with Crippen LogP contribution in [0.4, 0.5) is 0 Å². The first-order valence-electron chi connectivity index (χ1n) is 9.70. The lowest BCUT2D eigenvalue weighted by Crippen LogP contribution is -2.40. The van der Waals surface area contributed by atoms with E-state index in [1.54, 1.807) is 0 Å². The molecule has 1 atom stereocenters. The van der Waals surface area contributed by atoms with Crippen molar-refractivity contribution in [2.24, 2.45) is 10.9 Å². The monoisotopic (exact) mass is 504 g/mol. The fourth-order valence-electron chi connectivity index (χ4n) is 2.65. The van der Waals surface area contributed by atoms with Gasteiger partial charge >= 0.3 is 0 Å². The molecule has 0 spiro atoms. The Morgan fingerprint density at radius 1 is 1.19 bits per heavy atom. The van der Waals surface area contributed by atoms with Gasteiger partial charge in [-0.05, 0) is 38.3 Å². The van der Waals surface area contributed by atoms with E-state index < -0.39 is 0 Å². The molecule has 152 valence electrons. The van der Waals surface area contributed by atoms with E-state index in [1.165, 1.54) is 11.3 Å². The molecular formula is C20H33IN4OS. The second-order valence-electron chi connectivity index (χ2n) is 6.66. The summed E-state index contributed by atoms with van der Waals surface area (Å²) in [5.74, 6) is 1.34. The number of hydrogen-bond acceptors (Lipinski definition) is 3. The molecule has 1 aromatic carbocycles. The van der Waals surface area contributed by atoms with Crippen molar-refractivity contribution in [3.05, 3.63) is 30.3 Å². The topological polar surface area (TPSA) is 65.5 Å². The number of hydrogen-bond donors (Lipinski definition) is 3. The molecule has 1 aliphatic rings. The first kappa shape index (κ1) is 24.1. The van der Waals surface area contributed by atoms with Gasteiger partial charge in [0, 0.05) is 35.7 Å². The van der Waals surface area contributed by atoms with Crippen LogP contribution in [-0.2, 0) is 4.79 Å². The highest BCUT2D eigenvalue weighted by atomic mass is 127. The van der Waals surface area contributed by atoms with Gasteiger partial charge in [-0.15, -0.1) is 35.7 Å². The maximum Gasteiger partial charge on any atom is 0.223 e. The zero-order valence-corrected chi connectivity index (χ0v) is 19.5. The standard InChI is InChI=1S/C20H32N4OS.HI/c1-3-21-20(23-14-8-13-22-19(25)17-9-7-10-17)24-15-16(2)26-18-11-5-4-6-12-18;/h4-6,11-12,16-17H,3,7-10,13-15H2,1-2H3,(H,22,25)(H2,21,23,24);1H. The lowest BCUT2D eigenvalue weighted by molar-refractivity contribution is -0.127. The summed E-state index contributed by atoms with van der Waals surface area (Å²) in [5.41, 5.74) is 0. The summed E-state index contributed by atoms with van der Waals surface area (Å²) >= 11 is 1.84. The number of nitrogens with one attached hydrogen (secondary N) is 3. The van der Waals surface area contributed by atoms with E-state index in [9.17, 15) is 4.79 Å². The van der Waals surface area contributed by atoms with E-state index in [1.807, 2.05) is 17.8 Å². The van der Waals surface area contributed by atoms with Gasteiger partial charge in [0.2, 0.25) is 5.91 Å². The number of thioether (sulfide) groups is 1. The van der Waals surface area contributed by atoms with Crippen LogP contribution < -0.4 is 16.0 Å². The Hall–Kier alpha value is -0.960. The molecule has 1 unspecified atom stereocenters. The molecule has 0 aromatic heterocycles. The fourth-order valence-corrected chi connectivity index (χ4v) is 3.58. The number of rotatable bonds is 10. The van der Waals surface area contributed by atoms with Gasteiger partial charge < -0.3 is 16.0 Å². The average molecular weight is 504 g/mol. The van der Waals surface area contributed by atoms with Crippen LogP contribution in [0.1, 0.15) is 39.5 Å². The molecule has 1 amide bonds. The van der Waals surface area contributed by atoms with Crippen LogP contribution in [-0.4, -0.2) is 43.3 Å². The van der Waals surface area contributed by atoms with Crippen LogP contribution in [0, 0.1) is 5.92 Å². The molecule has 1 saturated carbocycles. The van der Waals surface area contributed by atoms with Gasteiger partial charge in [0.05, 0.1) is 6.54 Å². The number of halogens is 1. The minimum Gasteiger partial charge on any atom is -0.357 e. The summed E-state index contributed by atoms with van der Waals surface area (Å²) < 4.78 is 0. The second-order valence-corrected chi connectivity index (χ2v) is 8.17. The van der Waals surface area contributed by atoms with Crippen LogP contribution in [0.5, 0.6) is 0 Å². The Kier molecular flexibility index (Phi) is 12.6. The molecule has 1 aromatic rings. The molecule has 0 bridgehead atoms. The lowest BCUT2D eigenvalue weighted by Gasteiger charge is -2.24. The molecule has 2 rings (SSSR count). The predicted octanol–water partition coefficient (Wildman–Crippen LogP) is 3.65. The first-order chi connectivity index (χ1) is 12.7. The first-order valence-corrected chi connectivity index (χ1v) is 10.6. The van der Waals surface area contributed by atoms with Gasteiger partial charge in [-0.3, -0.25) is 9.79 Å². The Morgan fingerprint density at radius 3 is 2.52 bits per heavy atom. The van der Waals surface area contributed by atoms with E-state index in [-0.39, 0.29) is 35.8 Å². The number of nitrogens with zero attached hydrogens (tertiary/aromatic N) is 1. The fraction of sp³-hybridized carbons (Fsp3) is 0.600. The van der Waals surface area contributed by atoms with E-state index >= 15 is 0 Å². The van der Waals surface area contributed by atoms with E-state index in [4.69, 9.17) is 0 Å². The van der Waals surface area contributed by atoms with Crippen molar-refractivity contribution in [3.63, 3.8) is 0 Å². The smallest absolute Gasteiger partial charge is 0.223 e. The molecule has 1 aliphatic carbocycles. The molecule has 0 aliphatic heterocycles. The molecule has 7 heteroatoms. The van der Waals surface area contributed by atoms with Crippen LogP contribution in [0.3, 0.4) is 0 Å². The zero-order valence-electron chi connectivity index (χ0n) is 16.4. The van der Waals surface area contributed by atoms with Crippen molar-refractivity contribution in [2.45, 2.75) is 49.7 Å². The van der Waals surface area contributed by atoms with Crippen LogP contribution in [0.2, 0.25) is 0 Å². The zero-order chi connectivity index (χ0) is 18.6. The molecule has 0 radical (unpaired) electrons. The van der Waals surface area contributed by atoms with Gasteiger partial charge in [-0.2, -0.15) is 0 Å². The third-order valence-corrected chi connectivity index (χ3v) is 5.45. The minimum atomic E-state index is 0. The Morgan fingerprint density at radius 2 is 1.89 bits per heavy atom.